The summed E-state index contributed by atoms with van der Waals surface area (Å²) in [4.78, 5) is 74.8. The fourth-order valence-electron chi connectivity index (χ4n) is 4.06. The van der Waals surface area contributed by atoms with Crippen LogP contribution in [-0.4, -0.2) is 167 Å². The van der Waals surface area contributed by atoms with E-state index >= 15 is 0 Å². The van der Waals surface area contributed by atoms with E-state index in [0.717, 1.165) is 24.5 Å². The molecule has 0 aliphatic carbocycles. The number of nitrogens with zero attached hydrogens (tertiary/aromatic N) is 6. The van der Waals surface area contributed by atoms with Crippen molar-refractivity contribution in [3.05, 3.63) is 76.8 Å². The molecule has 2 radical (unpaired) electrons. The predicted molar refractivity (Wildman–Crippen MR) is 284 cm³/mol. The molecule has 1 atom stereocenters. The summed E-state index contributed by atoms with van der Waals surface area (Å²) in [7, 11) is 11.7. The van der Waals surface area contributed by atoms with Gasteiger partial charge in [-0.2, -0.15) is 6.41 Å². The van der Waals surface area contributed by atoms with Crippen LogP contribution in [-0.2, 0) is 28.7 Å². The zero-order valence-electron chi connectivity index (χ0n) is 45.5. The van der Waals surface area contributed by atoms with Crippen LogP contribution in [0.3, 0.4) is 0 Å². The van der Waals surface area contributed by atoms with Crippen molar-refractivity contribution in [1.82, 2.24) is 30.7 Å². The molecule has 0 fully saturated rings. The predicted octanol–water partition coefficient (Wildman–Crippen LogP) is 7.25. The Morgan fingerprint density at radius 2 is 1.75 bits per heavy atom. The van der Waals surface area contributed by atoms with Gasteiger partial charge < -0.3 is 49.4 Å². The molecule has 3 N–H and O–H groups in total. The number of aryl methyl sites for hydroxylation is 1. The van der Waals surface area contributed by atoms with Crippen molar-refractivity contribution in [3.63, 3.8) is 0 Å². The number of hydrogen-bond acceptors (Lipinski definition) is 14. The normalized spacial score (nSPS) is 10.9. The van der Waals surface area contributed by atoms with E-state index in [4.69, 9.17) is 30.4 Å². The summed E-state index contributed by atoms with van der Waals surface area (Å²) >= 11 is 1.21. The molecule has 1 aromatic heterocycles. The van der Waals surface area contributed by atoms with Crippen molar-refractivity contribution in [2.24, 2.45) is 15.9 Å². The van der Waals surface area contributed by atoms with Gasteiger partial charge in [-0.1, -0.05) is 71.4 Å². The van der Waals surface area contributed by atoms with E-state index in [1.165, 1.54) is 54.6 Å². The Kier molecular flexibility index (Phi) is 60.7. The number of hydrogen-bond donors (Lipinski definition) is 3. The van der Waals surface area contributed by atoms with E-state index in [2.05, 4.69) is 63.3 Å². The molecule has 19 nitrogen and oxygen atoms in total. The average Bonchev–Trinajstić information content (AvgIpc) is 3.33. The van der Waals surface area contributed by atoms with Gasteiger partial charge in [-0.3, -0.25) is 19.6 Å². The Balaban J connectivity index is -0.000000209. The van der Waals surface area contributed by atoms with Gasteiger partial charge in [0.2, 0.25) is 16.8 Å². The molecule has 0 aromatic carbocycles. The Morgan fingerprint density at radius 3 is 2.17 bits per heavy atom. The minimum absolute atomic E-state index is 0. The molecule has 71 heavy (non-hydrogen) atoms. The standard InChI is InChI=1S/C20H26N3O5.C12H20N3O2.C8H15N2O2.C5H12.C3H6NO.C2H6.Sb.Sm/c1-5-7-15(6-2)11-16(22-13-25)12-28-17-10-14(3)23-20(27-4)18(17)19(26)21-8-9-24;1-10(2)14-9-12(13-4)17-8-6-7-15(5)11(3)16;1-9-6-4-8(12-10-2)5-7-11-3;1-4-5(2)3;1-4(2)3-5;1-2;;/h5-7,9-10,16H,8,11-12H2,1-4H3,(H,21,26)(H,22,25);7,9H,1,6,8H2,2-5H3;2,5,9H,4,6-7H2,1,3H3;5H,4H2,1-3H3;1-2H3;1-2H3;;/q2*-1;+1;;;;;/b7-5-,15-6+;;8-5-;;;;;. The first kappa shape index (κ1) is 78.2. The maximum Gasteiger partial charge on any atom is 0 e. The molecule has 402 valence electrons. The molecule has 1 rings (SSSR count). The second-order valence-electron chi connectivity index (χ2n) is 14.5. The number of rotatable bonds is 25. The summed E-state index contributed by atoms with van der Waals surface area (Å²) in [5, 5.41) is 11.1. The van der Waals surface area contributed by atoms with Crippen molar-refractivity contribution in [3.8, 4) is 18.2 Å². The molecule has 1 aromatic rings. The van der Waals surface area contributed by atoms with Crippen molar-refractivity contribution in [2.75, 3.05) is 82.4 Å². The minimum atomic E-state index is -0.541. The van der Waals surface area contributed by atoms with Crippen LogP contribution in [0.1, 0.15) is 104 Å². The number of nitrogens with one attached hydrogen (secondary N) is 3. The number of allylic oxidation sites excluding steroid dienone is 4. The van der Waals surface area contributed by atoms with Crippen LogP contribution in [0, 0.1) is 66.3 Å². The quantitative estimate of drug-likeness (QED) is 0.00844. The summed E-state index contributed by atoms with van der Waals surface area (Å²) < 4.78 is 21.4. The molecule has 1 unspecified atom stereocenters. The number of aliphatic imine (C=N–C) groups is 2. The van der Waals surface area contributed by atoms with E-state index in [0.29, 0.717) is 55.4 Å². The molecule has 0 saturated heterocycles. The van der Waals surface area contributed by atoms with Crippen LogP contribution in [0.5, 0.6) is 11.6 Å². The van der Waals surface area contributed by atoms with E-state index in [9.17, 15) is 24.0 Å². The van der Waals surface area contributed by atoms with E-state index in [1.54, 1.807) is 79.1 Å². The molecule has 0 aliphatic rings. The molecule has 21 heteroatoms. The summed E-state index contributed by atoms with van der Waals surface area (Å²) in [5.74, 6) is 1.85. The third-order valence-corrected chi connectivity index (χ3v) is 9.27. The SMILES string of the molecule is C#[N+]O/C(=C\COC)CCNC.C/C=C\C(=C/C)CC(COc1cc(C)nc(OC)c1C(=O)NCC=O)N[C-]=O.C=C(C)N=CC(=NC)OCC[CH-]N(C)C(C)=O.CC.CCC(C)C.CN(C)[C](=O)[Sb].[Sm]. The fraction of sp³-hybridized carbons (Fsp3) is 0.560. The second kappa shape index (κ2) is 55.1. The first-order valence-corrected chi connectivity index (χ1v) is 24.0. The van der Waals surface area contributed by atoms with E-state index in [-0.39, 0.29) is 86.5 Å². The zero-order valence-corrected chi connectivity index (χ0v) is 50.7. The van der Waals surface area contributed by atoms with Crippen LogP contribution in [0.25, 0.3) is 5.01 Å². The zero-order chi connectivity index (χ0) is 54.9. The molecule has 0 spiro atoms. The van der Waals surface area contributed by atoms with Gasteiger partial charge in [-0.25, -0.2) is 11.5 Å². The number of carbonyl (C=O) groups excluding carboxylic acids is 5. The largest absolute Gasteiger partial charge is 0 e. The second-order valence-corrected chi connectivity index (χ2v) is 15.6. The molecule has 4 amide bonds. The molecule has 0 aliphatic heterocycles. The van der Waals surface area contributed by atoms with Gasteiger partial charge in [0, 0.05) is 97.9 Å². The third kappa shape index (κ3) is 49.1. The Hall–Kier alpha value is -4.23. The van der Waals surface area contributed by atoms with E-state index in [1.807, 2.05) is 53.0 Å². The van der Waals surface area contributed by atoms with Crippen LogP contribution in [0.2, 0.25) is 0 Å². The molecular formula is C50H85N9O10SbSm-. The number of ether oxygens (including phenoxy) is 4. The van der Waals surface area contributed by atoms with Gasteiger partial charge >= 0.3 is 57.2 Å². The molecule has 1 heterocycles. The van der Waals surface area contributed by atoms with Crippen molar-refractivity contribution >= 4 is 63.5 Å². The van der Waals surface area contributed by atoms with Crippen molar-refractivity contribution in [2.45, 2.75) is 101 Å². The van der Waals surface area contributed by atoms with Gasteiger partial charge in [0.15, 0.2) is 11.7 Å². The van der Waals surface area contributed by atoms with Crippen LogP contribution in [0.4, 0.5) is 4.79 Å². The monoisotopic (exact) mass is 1240 g/mol. The Bertz CT molecular complexity index is 1800. The molecule has 0 bridgehead atoms. The number of methoxy groups -OCH3 is 2. The Labute approximate surface area is 472 Å². The van der Waals surface area contributed by atoms with Crippen LogP contribution in [0.15, 0.2) is 64.0 Å². The van der Waals surface area contributed by atoms with Gasteiger partial charge in [-0.15, -0.1) is 11.3 Å². The first-order chi connectivity index (χ1) is 33.2. The minimum Gasteiger partial charge on any atom is 0 e. The van der Waals surface area contributed by atoms with Crippen molar-refractivity contribution in [1.29, 1.82) is 0 Å². The fourth-order valence-corrected chi connectivity index (χ4v) is 4.06. The van der Waals surface area contributed by atoms with Crippen LogP contribution < -0.4 is 25.4 Å². The smallest absolute Gasteiger partial charge is 0 e. The first-order valence-electron chi connectivity index (χ1n) is 22.7. The van der Waals surface area contributed by atoms with Gasteiger partial charge in [0.05, 0.1) is 33.1 Å². The molecule has 0 saturated carbocycles. The van der Waals surface area contributed by atoms with E-state index < -0.39 is 5.91 Å². The summed E-state index contributed by atoms with van der Waals surface area (Å²) in [6, 6.07) is 1.24. The maximum absolute atomic E-state index is 12.4. The maximum atomic E-state index is 12.4. The van der Waals surface area contributed by atoms with Gasteiger partial charge in [0.25, 0.3) is 5.91 Å². The topological polar surface area (TPSA) is 216 Å². The van der Waals surface area contributed by atoms with Gasteiger partial charge in [0.1, 0.15) is 24.2 Å². The van der Waals surface area contributed by atoms with Gasteiger partial charge in [-0.05, 0) is 60.2 Å². The summed E-state index contributed by atoms with van der Waals surface area (Å²) in [6.07, 6.45) is 14.6. The number of amides is 4. The molecular weight excluding hydrogens is 1160 g/mol. The number of aldehydes is 1. The average molecular weight is 1240 g/mol. The number of pyridine rings is 1. The van der Waals surface area contributed by atoms with Crippen LogP contribution >= 0.6 is 0 Å². The van der Waals surface area contributed by atoms with Crippen molar-refractivity contribution < 1.29 is 88.1 Å². The third-order valence-electron chi connectivity index (χ3n) is 8.13. The summed E-state index contributed by atoms with van der Waals surface area (Å²) in [5.41, 5.74) is 2.39. The summed E-state index contributed by atoms with van der Waals surface area (Å²) in [6.45, 7) is 31.5. The number of carbonyl (C=O) groups is 4. The number of aromatic nitrogens is 1. The Morgan fingerprint density at radius 1 is 1.14 bits per heavy atom.